The molecule has 31 heavy (non-hydrogen) atoms. The van der Waals surface area contributed by atoms with Gasteiger partial charge in [-0.2, -0.15) is 0 Å². The zero-order valence-corrected chi connectivity index (χ0v) is 18.2. The Labute approximate surface area is 182 Å². The van der Waals surface area contributed by atoms with Gasteiger partial charge in [0.05, 0.1) is 23.8 Å². The van der Waals surface area contributed by atoms with Gasteiger partial charge in [-0.15, -0.1) is 0 Å². The first-order valence-electron chi connectivity index (χ1n) is 10.8. The van der Waals surface area contributed by atoms with Gasteiger partial charge in [-0.25, -0.2) is 0 Å². The SMILES string of the molecule is CCCCN1C(=O)C(=O)/C(=C(\O)c2ccc3c(c2)N(C)CCO3)C1c1cccc(C)c1. The highest BCUT2D eigenvalue weighted by Crippen LogP contribution is 2.41. The molecule has 6 heteroatoms. The zero-order valence-electron chi connectivity index (χ0n) is 18.2. The van der Waals surface area contributed by atoms with Crippen LogP contribution in [0.2, 0.25) is 0 Å². The van der Waals surface area contributed by atoms with Crippen molar-refractivity contribution in [2.24, 2.45) is 0 Å². The first-order chi connectivity index (χ1) is 14.9. The molecule has 1 saturated heterocycles. The molecule has 4 rings (SSSR count). The molecule has 0 bridgehead atoms. The Morgan fingerprint density at radius 2 is 2.00 bits per heavy atom. The van der Waals surface area contributed by atoms with E-state index >= 15 is 0 Å². The number of rotatable bonds is 5. The molecule has 0 aliphatic carbocycles. The number of likely N-dealkylation sites (N-methyl/N-ethyl adjacent to an activating group) is 1. The van der Waals surface area contributed by atoms with Gasteiger partial charge in [0, 0.05) is 19.2 Å². The second kappa shape index (κ2) is 8.46. The van der Waals surface area contributed by atoms with Crippen molar-refractivity contribution in [3.8, 4) is 5.75 Å². The number of hydrogen-bond donors (Lipinski definition) is 1. The summed E-state index contributed by atoms with van der Waals surface area (Å²) < 4.78 is 5.69. The van der Waals surface area contributed by atoms with Crippen LogP contribution in [-0.2, 0) is 9.59 Å². The molecule has 1 fully saturated rings. The normalized spacial score (nSPS) is 20.0. The van der Waals surface area contributed by atoms with Crippen molar-refractivity contribution in [1.82, 2.24) is 4.90 Å². The van der Waals surface area contributed by atoms with Gasteiger partial charge in [-0.1, -0.05) is 43.2 Å². The average Bonchev–Trinajstić information content (AvgIpc) is 3.02. The summed E-state index contributed by atoms with van der Waals surface area (Å²) in [4.78, 5) is 29.6. The number of nitrogens with zero attached hydrogens (tertiary/aromatic N) is 2. The molecule has 2 aliphatic heterocycles. The van der Waals surface area contributed by atoms with Crippen molar-refractivity contribution in [1.29, 1.82) is 0 Å². The number of carbonyl (C=O) groups is 2. The first kappa shape index (κ1) is 21.0. The maximum absolute atomic E-state index is 13.1. The number of fused-ring (bicyclic) bond motifs is 1. The Morgan fingerprint density at radius 3 is 2.74 bits per heavy atom. The van der Waals surface area contributed by atoms with Crippen LogP contribution in [0.4, 0.5) is 5.69 Å². The van der Waals surface area contributed by atoms with E-state index in [4.69, 9.17) is 4.74 Å². The number of aliphatic hydroxyl groups is 1. The molecule has 2 aromatic rings. The number of Topliss-reactive ketones (excluding diaryl/α,β-unsaturated/α-hetero) is 1. The number of ketones is 1. The molecule has 6 nitrogen and oxygen atoms in total. The third kappa shape index (κ3) is 3.78. The summed E-state index contributed by atoms with van der Waals surface area (Å²) in [6, 6.07) is 12.5. The van der Waals surface area contributed by atoms with Crippen LogP contribution in [-0.4, -0.2) is 48.4 Å². The lowest BCUT2D eigenvalue weighted by Gasteiger charge is -2.28. The number of unbranched alkanes of at least 4 members (excludes halogenated alkanes) is 1. The van der Waals surface area contributed by atoms with Gasteiger partial charge in [0.2, 0.25) is 0 Å². The van der Waals surface area contributed by atoms with Gasteiger partial charge in [-0.05, 0) is 37.1 Å². The minimum atomic E-state index is -0.637. The Hall–Kier alpha value is -3.28. The van der Waals surface area contributed by atoms with Crippen LogP contribution in [0.1, 0.15) is 42.5 Å². The van der Waals surface area contributed by atoms with Gasteiger partial charge in [0.15, 0.2) is 0 Å². The summed E-state index contributed by atoms with van der Waals surface area (Å²) in [5, 5.41) is 11.3. The maximum atomic E-state index is 13.1. The first-order valence-corrected chi connectivity index (χ1v) is 10.8. The number of anilines is 1. The predicted octanol–water partition coefficient (Wildman–Crippen LogP) is 4.05. The summed E-state index contributed by atoms with van der Waals surface area (Å²) in [5.41, 5.74) is 3.36. The van der Waals surface area contributed by atoms with Crippen LogP contribution >= 0.6 is 0 Å². The predicted molar refractivity (Wildman–Crippen MR) is 120 cm³/mol. The number of aryl methyl sites for hydroxylation is 1. The summed E-state index contributed by atoms with van der Waals surface area (Å²) in [6.45, 7) is 5.83. The lowest BCUT2D eigenvalue weighted by atomic mass is 9.94. The van der Waals surface area contributed by atoms with Crippen molar-refractivity contribution in [3.63, 3.8) is 0 Å². The molecule has 162 valence electrons. The standard InChI is InChI=1S/C25H28N2O4/c1-4-5-11-27-22(17-8-6-7-16(2)14-17)21(24(29)25(27)30)23(28)18-9-10-20-19(15-18)26(3)12-13-31-20/h6-10,14-15,22,28H,4-5,11-13H2,1-3H3/b23-21-. The van der Waals surface area contributed by atoms with E-state index in [0.717, 1.165) is 42.0 Å². The van der Waals surface area contributed by atoms with Gasteiger partial charge >= 0.3 is 0 Å². The summed E-state index contributed by atoms with van der Waals surface area (Å²) >= 11 is 0. The average molecular weight is 421 g/mol. The Kier molecular flexibility index (Phi) is 5.72. The highest BCUT2D eigenvalue weighted by atomic mass is 16.5. The number of carbonyl (C=O) groups excluding carboxylic acids is 2. The Morgan fingerprint density at radius 1 is 1.19 bits per heavy atom. The molecular weight excluding hydrogens is 392 g/mol. The second-order valence-electron chi connectivity index (χ2n) is 8.21. The maximum Gasteiger partial charge on any atom is 0.295 e. The summed E-state index contributed by atoms with van der Waals surface area (Å²) in [5.74, 6) is -0.600. The van der Waals surface area contributed by atoms with Crippen molar-refractivity contribution in [3.05, 3.63) is 64.7 Å². The molecule has 0 radical (unpaired) electrons. The van der Waals surface area contributed by atoms with Crippen LogP contribution < -0.4 is 9.64 Å². The van der Waals surface area contributed by atoms with Crippen molar-refractivity contribution < 1.29 is 19.4 Å². The Balaban J connectivity index is 1.85. The number of hydrogen-bond acceptors (Lipinski definition) is 5. The fraction of sp³-hybridized carbons (Fsp3) is 0.360. The molecule has 0 spiro atoms. The quantitative estimate of drug-likeness (QED) is 0.449. The van der Waals surface area contributed by atoms with Crippen molar-refractivity contribution in [2.45, 2.75) is 32.7 Å². The number of aliphatic hydroxyl groups excluding tert-OH is 1. The van der Waals surface area contributed by atoms with Crippen LogP contribution in [0.5, 0.6) is 5.75 Å². The van der Waals surface area contributed by atoms with E-state index in [-0.39, 0.29) is 11.3 Å². The number of amides is 1. The third-order valence-corrected chi connectivity index (χ3v) is 5.98. The van der Waals surface area contributed by atoms with E-state index in [0.29, 0.717) is 18.7 Å². The second-order valence-corrected chi connectivity index (χ2v) is 8.21. The van der Waals surface area contributed by atoms with Crippen LogP contribution in [0, 0.1) is 6.92 Å². The lowest BCUT2D eigenvalue weighted by Crippen LogP contribution is -2.30. The third-order valence-electron chi connectivity index (χ3n) is 5.98. The van der Waals surface area contributed by atoms with E-state index < -0.39 is 17.7 Å². The fourth-order valence-corrected chi connectivity index (χ4v) is 4.28. The van der Waals surface area contributed by atoms with Crippen molar-refractivity contribution >= 4 is 23.1 Å². The number of likely N-dealkylation sites (tertiary alicyclic amines) is 1. The van der Waals surface area contributed by atoms with E-state index in [9.17, 15) is 14.7 Å². The van der Waals surface area contributed by atoms with E-state index in [1.54, 1.807) is 17.0 Å². The minimum Gasteiger partial charge on any atom is -0.507 e. The Bertz CT molecular complexity index is 1060. The van der Waals surface area contributed by atoms with Gasteiger partial charge in [0.25, 0.3) is 11.7 Å². The minimum absolute atomic E-state index is 0.144. The van der Waals surface area contributed by atoms with Crippen LogP contribution in [0.3, 0.4) is 0 Å². The molecule has 2 aliphatic rings. The molecule has 1 N–H and O–H groups in total. The largest absolute Gasteiger partial charge is 0.507 e. The van der Waals surface area contributed by atoms with E-state index in [1.807, 2.05) is 56.1 Å². The monoisotopic (exact) mass is 420 g/mol. The van der Waals surface area contributed by atoms with Gasteiger partial charge in [0.1, 0.15) is 18.1 Å². The fourth-order valence-electron chi connectivity index (χ4n) is 4.28. The summed E-state index contributed by atoms with van der Waals surface area (Å²) in [7, 11) is 1.96. The molecular formula is C25H28N2O4. The molecule has 1 atom stereocenters. The molecule has 2 aromatic carbocycles. The smallest absolute Gasteiger partial charge is 0.295 e. The summed E-state index contributed by atoms with van der Waals surface area (Å²) in [6.07, 6.45) is 1.69. The van der Waals surface area contributed by atoms with Crippen LogP contribution in [0.25, 0.3) is 5.76 Å². The molecule has 0 aromatic heterocycles. The van der Waals surface area contributed by atoms with Crippen molar-refractivity contribution in [2.75, 3.05) is 31.6 Å². The molecule has 1 amide bonds. The lowest BCUT2D eigenvalue weighted by molar-refractivity contribution is -0.139. The molecule has 0 saturated carbocycles. The highest BCUT2D eigenvalue weighted by molar-refractivity contribution is 6.46. The van der Waals surface area contributed by atoms with Gasteiger partial charge in [-0.3, -0.25) is 9.59 Å². The molecule has 1 unspecified atom stereocenters. The zero-order chi connectivity index (χ0) is 22.1. The highest BCUT2D eigenvalue weighted by Gasteiger charge is 2.45. The number of benzene rings is 2. The number of ether oxygens (including phenoxy) is 1. The van der Waals surface area contributed by atoms with E-state index in [2.05, 4.69) is 0 Å². The molecule has 2 heterocycles. The van der Waals surface area contributed by atoms with Crippen LogP contribution in [0.15, 0.2) is 48.0 Å². The van der Waals surface area contributed by atoms with Gasteiger partial charge < -0.3 is 19.6 Å². The van der Waals surface area contributed by atoms with E-state index in [1.165, 1.54) is 0 Å². The topological polar surface area (TPSA) is 70.1 Å².